The van der Waals surface area contributed by atoms with Gasteiger partial charge in [-0.2, -0.15) is 0 Å². The number of ether oxygens (including phenoxy) is 1. The van der Waals surface area contributed by atoms with Crippen molar-refractivity contribution >= 4 is 66.4 Å². The molecule has 0 amide bonds. The molecule has 1 aliphatic heterocycles. The van der Waals surface area contributed by atoms with Crippen molar-refractivity contribution in [2.24, 2.45) is 20.0 Å². The molecule has 0 saturated carbocycles. The fourth-order valence-corrected chi connectivity index (χ4v) is 5.96. The number of fused-ring (bicyclic) bond motifs is 20. The molecule has 9 heteroatoms. The number of hydrogen-bond acceptors (Lipinski definition) is 5. The van der Waals surface area contributed by atoms with E-state index in [1.54, 1.807) is 7.11 Å². The van der Waals surface area contributed by atoms with Crippen LogP contribution in [0.4, 0.5) is 23.3 Å². The number of aromatic amines is 4. The molecule has 1 aliphatic rings. The van der Waals surface area contributed by atoms with E-state index in [2.05, 4.69) is 50.3 Å². The Bertz CT molecular complexity index is 2630. The molecule has 4 aromatic heterocycles. The Morgan fingerprint density at radius 3 is 1.26 bits per heavy atom. The Hall–Kier alpha value is -5.96. The number of methoxy groups -OCH3 is 1. The van der Waals surface area contributed by atoms with Gasteiger partial charge in [-0.15, -0.1) is 0 Å². The molecule has 0 aliphatic carbocycles. The Kier molecular flexibility index (Phi) is 4.63. The third kappa shape index (κ3) is 3.24. The molecule has 9 nitrogen and oxygen atoms in total. The summed E-state index contributed by atoms with van der Waals surface area (Å²) in [4.78, 5) is 34.3. The van der Waals surface area contributed by atoms with Gasteiger partial charge in [0.1, 0.15) is 51.0 Å². The van der Waals surface area contributed by atoms with Crippen molar-refractivity contribution in [2.75, 3.05) is 7.11 Å². The van der Waals surface area contributed by atoms with Crippen molar-refractivity contribution in [3.63, 3.8) is 0 Å². The molecule has 0 radical (unpaired) electrons. The van der Waals surface area contributed by atoms with Gasteiger partial charge in [-0.25, -0.2) is 20.0 Å². The minimum Gasteiger partial charge on any atom is -0.496 e. The van der Waals surface area contributed by atoms with Gasteiger partial charge in [-0.05, 0) is 6.07 Å². The van der Waals surface area contributed by atoms with E-state index in [0.29, 0.717) is 51.0 Å². The highest BCUT2D eigenvalue weighted by Gasteiger charge is 2.16. The van der Waals surface area contributed by atoms with E-state index in [-0.39, 0.29) is 0 Å². The second-order valence-electron chi connectivity index (χ2n) is 10.3. The third-order valence-corrected chi connectivity index (χ3v) is 7.89. The van der Waals surface area contributed by atoms with Crippen LogP contribution in [0.25, 0.3) is 43.1 Å². The molecule has 0 spiro atoms. The summed E-state index contributed by atoms with van der Waals surface area (Å²) in [6.45, 7) is 0. The molecule has 8 bridgehead atoms. The van der Waals surface area contributed by atoms with Gasteiger partial charge in [0.15, 0.2) is 0 Å². The highest BCUT2D eigenvalue weighted by molar-refractivity contribution is 6.04. The van der Waals surface area contributed by atoms with E-state index < -0.39 is 0 Å². The fraction of sp³-hybridized carbons (Fsp3) is 0.0303. The molecule has 0 atom stereocenters. The average Bonchev–Trinajstić information content (AvgIpc) is 3.76. The Balaban J connectivity index is 1.51. The molecule has 200 valence electrons. The topological polar surface area (TPSA) is 122 Å². The summed E-state index contributed by atoms with van der Waals surface area (Å²) >= 11 is 0. The highest BCUT2D eigenvalue weighted by atomic mass is 16.5. The van der Waals surface area contributed by atoms with Gasteiger partial charge in [0.2, 0.25) is 0 Å². The Labute approximate surface area is 236 Å². The van der Waals surface area contributed by atoms with Crippen LogP contribution in [0.2, 0.25) is 0 Å². The number of aromatic nitrogens is 4. The molecule has 8 aromatic rings. The lowest BCUT2D eigenvalue weighted by Gasteiger charge is -2.01. The maximum absolute atomic E-state index is 5.78. The molecule has 5 heterocycles. The molecular formula is C33H22N8O. The summed E-state index contributed by atoms with van der Waals surface area (Å²) < 4.78 is 5.78. The van der Waals surface area contributed by atoms with Gasteiger partial charge in [-0.3, -0.25) is 0 Å². The molecule has 9 rings (SSSR count). The van der Waals surface area contributed by atoms with E-state index in [9.17, 15) is 0 Å². The molecule has 4 N–H and O–H groups in total. The smallest absolute Gasteiger partial charge is 0.145 e. The zero-order valence-electron chi connectivity index (χ0n) is 22.4. The lowest BCUT2D eigenvalue weighted by atomic mass is 10.2. The van der Waals surface area contributed by atoms with Crippen molar-refractivity contribution < 1.29 is 4.74 Å². The largest absolute Gasteiger partial charge is 0.496 e. The van der Waals surface area contributed by atoms with Crippen LogP contribution < -0.4 is 26.7 Å². The van der Waals surface area contributed by atoms with Gasteiger partial charge in [0, 0.05) is 37.7 Å². The van der Waals surface area contributed by atoms with E-state index >= 15 is 0 Å². The zero-order chi connectivity index (χ0) is 27.8. The Morgan fingerprint density at radius 2 is 0.786 bits per heavy atom. The summed E-state index contributed by atoms with van der Waals surface area (Å²) in [6.07, 6.45) is 0. The van der Waals surface area contributed by atoms with Crippen molar-refractivity contribution in [3.05, 3.63) is 113 Å². The van der Waals surface area contributed by atoms with E-state index in [0.717, 1.165) is 43.1 Å². The van der Waals surface area contributed by atoms with Crippen LogP contribution in [-0.4, -0.2) is 27.0 Å². The number of hydrogen-bond donors (Lipinski definition) is 4. The SMILES string of the molecule is COc1cccc2c3[nH]c(c12)N=c1[nH]c(c2ccccc12)=Nc1[nH]c(c2ccccc12)N=c1[nH]c(c2ccccc12)=N3. The Morgan fingerprint density at radius 1 is 0.405 bits per heavy atom. The molecular weight excluding hydrogens is 524 g/mol. The normalized spacial score (nSPS) is 12.7. The van der Waals surface area contributed by atoms with Gasteiger partial charge >= 0.3 is 0 Å². The number of rotatable bonds is 1. The van der Waals surface area contributed by atoms with Crippen molar-refractivity contribution in [1.82, 2.24) is 19.9 Å². The van der Waals surface area contributed by atoms with Crippen LogP contribution in [0, 0.1) is 0 Å². The quantitative estimate of drug-likeness (QED) is 0.206. The summed E-state index contributed by atoms with van der Waals surface area (Å²) in [7, 11) is 1.67. The lowest BCUT2D eigenvalue weighted by Crippen LogP contribution is -2.10. The van der Waals surface area contributed by atoms with Crippen molar-refractivity contribution in [3.8, 4) is 5.75 Å². The number of H-pyrrole nitrogens is 4. The van der Waals surface area contributed by atoms with Gasteiger partial charge in [-0.1, -0.05) is 84.9 Å². The monoisotopic (exact) mass is 546 g/mol. The first kappa shape index (κ1) is 22.8. The summed E-state index contributed by atoms with van der Waals surface area (Å²) in [5.41, 5.74) is 2.80. The van der Waals surface area contributed by atoms with Crippen LogP contribution in [0.15, 0.2) is 111 Å². The van der Waals surface area contributed by atoms with Gasteiger partial charge in [0.25, 0.3) is 0 Å². The van der Waals surface area contributed by atoms with E-state index in [1.807, 2.05) is 60.7 Å². The maximum atomic E-state index is 5.78. The van der Waals surface area contributed by atoms with Crippen LogP contribution in [0.5, 0.6) is 5.75 Å². The summed E-state index contributed by atoms with van der Waals surface area (Å²) in [5, 5.41) is 7.55. The van der Waals surface area contributed by atoms with Gasteiger partial charge < -0.3 is 24.7 Å². The summed E-state index contributed by atoms with van der Waals surface area (Å²) in [5.74, 6) is 3.44. The number of nitrogens with one attached hydrogen (secondary N) is 4. The van der Waals surface area contributed by atoms with Crippen LogP contribution in [0.1, 0.15) is 0 Å². The molecule has 0 saturated heterocycles. The van der Waals surface area contributed by atoms with Crippen LogP contribution in [0.3, 0.4) is 0 Å². The van der Waals surface area contributed by atoms with Gasteiger partial charge in [0.05, 0.1) is 12.5 Å². The van der Waals surface area contributed by atoms with Crippen molar-refractivity contribution in [2.45, 2.75) is 0 Å². The molecule has 0 unspecified atom stereocenters. The fourth-order valence-electron chi connectivity index (χ4n) is 5.96. The first-order chi connectivity index (χ1) is 20.7. The van der Waals surface area contributed by atoms with Crippen LogP contribution in [-0.2, 0) is 0 Å². The zero-order valence-corrected chi connectivity index (χ0v) is 22.4. The first-order valence-corrected chi connectivity index (χ1v) is 13.6. The predicted molar refractivity (Wildman–Crippen MR) is 163 cm³/mol. The second-order valence-corrected chi connectivity index (χ2v) is 10.3. The van der Waals surface area contributed by atoms with E-state index in [1.165, 1.54) is 0 Å². The van der Waals surface area contributed by atoms with Crippen LogP contribution >= 0.6 is 0 Å². The highest BCUT2D eigenvalue weighted by Crippen LogP contribution is 2.39. The number of benzene rings is 4. The maximum Gasteiger partial charge on any atom is 0.145 e. The molecule has 42 heavy (non-hydrogen) atoms. The average molecular weight is 547 g/mol. The minimum absolute atomic E-state index is 0.639. The predicted octanol–water partition coefficient (Wildman–Crippen LogP) is 5.74. The van der Waals surface area contributed by atoms with Crippen molar-refractivity contribution in [1.29, 1.82) is 0 Å². The molecule has 4 aromatic carbocycles. The van der Waals surface area contributed by atoms with E-state index in [4.69, 9.17) is 24.7 Å². The molecule has 0 fully saturated rings. The first-order valence-electron chi connectivity index (χ1n) is 13.6. The second kappa shape index (κ2) is 8.52. The lowest BCUT2D eigenvalue weighted by molar-refractivity contribution is 0.420. The summed E-state index contributed by atoms with van der Waals surface area (Å²) in [6, 6.07) is 30.3. The standard InChI is InChI=1S/C33H22N8O/c1-42-24-16-8-15-23-25(24)33-40-31-22-14-7-6-13-21(22)29(38-31)36-27-18-10-3-2-9-17(18)26(34-27)35-28-19-11-4-5-12-20(19)30(37-28)39-32(23)41-33/h2-16H,1H3,(H4,34,35,36,37,38,39,40,41). The minimum atomic E-state index is 0.639. The third-order valence-electron chi connectivity index (χ3n) is 7.89. The number of nitrogens with zero attached hydrogens (tertiary/aromatic N) is 4.